The number of hydrogen-bond donors (Lipinski definition) is 1. The predicted octanol–water partition coefficient (Wildman–Crippen LogP) is 3.23. The summed E-state index contributed by atoms with van der Waals surface area (Å²) < 4.78 is 0. The number of nitrogens with one attached hydrogen (secondary N) is 1. The van der Waals surface area contributed by atoms with Crippen LogP contribution in [0.3, 0.4) is 0 Å². The van der Waals surface area contributed by atoms with Crippen LogP contribution in [0.15, 0.2) is 29.2 Å². The molecule has 1 rings (SSSR count). The summed E-state index contributed by atoms with van der Waals surface area (Å²) in [6, 6.07) is 8.89. The van der Waals surface area contributed by atoms with Gasteiger partial charge in [-0.05, 0) is 63.5 Å². The van der Waals surface area contributed by atoms with Crippen LogP contribution in [0.1, 0.15) is 25.3 Å². The van der Waals surface area contributed by atoms with Crippen LogP contribution in [0.5, 0.6) is 0 Å². The first kappa shape index (κ1) is 15.5. The van der Waals surface area contributed by atoms with Crippen molar-refractivity contribution in [3.63, 3.8) is 0 Å². The van der Waals surface area contributed by atoms with Crippen LogP contribution < -0.4 is 5.32 Å². The average Bonchev–Trinajstić information content (AvgIpc) is 2.35. The highest BCUT2D eigenvalue weighted by Gasteiger charge is 1.98. The Hall–Kier alpha value is -0.510. The summed E-state index contributed by atoms with van der Waals surface area (Å²) in [5, 5.41) is 3.44. The van der Waals surface area contributed by atoms with Gasteiger partial charge in [0.1, 0.15) is 0 Å². The maximum Gasteiger partial charge on any atom is 0.0205 e. The molecule has 0 heterocycles. The van der Waals surface area contributed by atoms with Crippen molar-refractivity contribution in [3.05, 3.63) is 29.8 Å². The second kappa shape index (κ2) is 9.42. The standard InChI is InChI=1S/C15H26N2S/c1-4-9-16-13-14-7-5-8-15(12-14)18-11-6-10-17(2)3/h5,7-8,12,16H,4,6,9-11,13H2,1-3H3. The number of benzene rings is 1. The fourth-order valence-electron chi connectivity index (χ4n) is 1.73. The van der Waals surface area contributed by atoms with E-state index in [1.54, 1.807) is 0 Å². The van der Waals surface area contributed by atoms with Gasteiger partial charge < -0.3 is 10.2 Å². The van der Waals surface area contributed by atoms with E-state index in [0.717, 1.165) is 13.1 Å². The molecule has 1 N–H and O–H groups in total. The van der Waals surface area contributed by atoms with E-state index in [1.165, 1.54) is 35.6 Å². The van der Waals surface area contributed by atoms with Crippen molar-refractivity contribution in [1.29, 1.82) is 0 Å². The van der Waals surface area contributed by atoms with Gasteiger partial charge in [0.15, 0.2) is 0 Å². The zero-order chi connectivity index (χ0) is 13.2. The van der Waals surface area contributed by atoms with E-state index in [4.69, 9.17) is 0 Å². The highest BCUT2D eigenvalue weighted by atomic mass is 32.2. The summed E-state index contributed by atoms with van der Waals surface area (Å²) in [6.45, 7) is 5.45. The van der Waals surface area contributed by atoms with Gasteiger partial charge in [-0.15, -0.1) is 11.8 Å². The van der Waals surface area contributed by atoms with Crippen molar-refractivity contribution >= 4 is 11.8 Å². The molecule has 18 heavy (non-hydrogen) atoms. The van der Waals surface area contributed by atoms with Gasteiger partial charge in [-0.25, -0.2) is 0 Å². The Bertz CT molecular complexity index is 326. The lowest BCUT2D eigenvalue weighted by atomic mass is 10.2. The normalized spacial score (nSPS) is 11.1. The van der Waals surface area contributed by atoms with Gasteiger partial charge in [0.2, 0.25) is 0 Å². The molecule has 0 saturated carbocycles. The zero-order valence-corrected chi connectivity index (χ0v) is 12.7. The second-order valence-corrected chi connectivity index (χ2v) is 6.00. The van der Waals surface area contributed by atoms with Gasteiger partial charge in [0.05, 0.1) is 0 Å². The maximum atomic E-state index is 3.44. The van der Waals surface area contributed by atoms with Crippen molar-refractivity contribution < 1.29 is 0 Å². The van der Waals surface area contributed by atoms with Crippen LogP contribution in [-0.2, 0) is 6.54 Å². The lowest BCUT2D eigenvalue weighted by Gasteiger charge is -2.09. The molecule has 0 bridgehead atoms. The molecule has 0 spiro atoms. The second-order valence-electron chi connectivity index (χ2n) is 4.83. The monoisotopic (exact) mass is 266 g/mol. The first-order chi connectivity index (χ1) is 8.72. The number of thioether (sulfide) groups is 1. The van der Waals surface area contributed by atoms with E-state index in [9.17, 15) is 0 Å². The predicted molar refractivity (Wildman–Crippen MR) is 82.3 cm³/mol. The Morgan fingerprint density at radius 3 is 2.83 bits per heavy atom. The minimum absolute atomic E-state index is 0.986. The van der Waals surface area contributed by atoms with Crippen molar-refractivity contribution in [2.75, 3.05) is 32.9 Å². The Morgan fingerprint density at radius 2 is 2.11 bits per heavy atom. The number of rotatable bonds is 9. The minimum atomic E-state index is 0.986. The summed E-state index contributed by atoms with van der Waals surface area (Å²) in [6.07, 6.45) is 2.44. The van der Waals surface area contributed by atoms with E-state index in [1.807, 2.05) is 11.8 Å². The molecular formula is C15H26N2S. The zero-order valence-electron chi connectivity index (χ0n) is 11.9. The van der Waals surface area contributed by atoms with E-state index >= 15 is 0 Å². The SMILES string of the molecule is CCCNCc1cccc(SCCCN(C)C)c1. The molecule has 0 aliphatic rings. The third-order valence-corrected chi connectivity index (χ3v) is 3.75. The summed E-state index contributed by atoms with van der Waals surface area (Å²) in [7, 11) is 4.26. The van der Waals surface area contributed by atoms with Crippen LogP contribution in [0.2, 0.25) is 0 Å². The molecule has 0 fully saturated rings. The van der Waals surface area contributed by atoms with Crippen LogP contribution in [-0.4, -0.2) is 37.8 Å². The summed E-state index contributed by atoms with van der Waals surface area (Å²) >= 11 is 1.96. The minimum Gasteiger partial charge on any atom is -0.313 e. The van der Waals surface area contributed by atoms with Crippen LogP contribution in [0.25, 0.3) is 0 Å². The van der Waals surface area contributed by atoms with Crippen molar-refractivity contribution in [2.45, 2.75) is 31.2 Å². The molecule has 1 aromatic carbocycles. The van der Waals surface area contributed by atoms with Gasteiger partial charge >= 0.3 is 0 Å². The quantitative estimate of drug-likeness (QED) is 0.546. The molecular weight excluding hydrogens is 240 g/mol. The molecule has 0 aliphatic heterocycles. The maximum absolute atomic E-state index is 3.44. The molecule has 0 unspecified atom stereocenters. The van der Waals surface area contributed by atoms with Crippen LogP contribution >= 0.6 is 11.8 Å². The summed E-state index contributed by atoms with van der Waals surface area (Å²) in [5.74, 6) is 1.20. The van der Waals surface area contributed by atoms with Gasteiger partial charge in [0, 0.05) is 11.4 Å². The first-order valence-electron chi connectivity index (χ1n) is 6.79. The van der Waals surface area contributed by atoms with Crippen molar-refractivity contribution in [2.24, 2.45) is 0 Å². The van der Waals surface area contributed by atoms with Gasteiger partial charge in [-0.3, -0.25) is 0 Å². The smallest absolute Gasteiger partial charge is 0.0205 e. The highest BCUT2D eigenvalue weighted by molar-refractivity contribution is 7.99. The van der Waals surface area contributed by atoms with Crippen LogP contribution in [0, 0.1) is 0 Å². The van der Waals surface area contributed by atoms with E-state index in [2.05, 4.69) is 55.5 Å². The molecule has 0 aromatic heterocycles. The number of nitrogens with zero attached hydrogens (tertiary/aromatic N) is 1. The molecule has 1 aromatic rings. The largest absolute Gasteiger partial charge is 0.313 e. The van der Waals surface area contributed by atoms with E-state index in [-0.39, 0.29) is 0 Å². The Balaban J connectivity index is 2.30. The molecule has 0 radical (unpaired) electrons. The lowest BCUT2D eigenvalue weighted by Crippen LogP contribution is -2.13. The van der Waals surface area contributed by atoms with Crippen molar-refractivity contribution in [3.8, 4) is 0 Å². The molecule has 0 aliphatic carbocycles. The fourth-order valence-corrected chi connectivity index (χ4v) is 2.64. The average molecular weight is 266 g/mol. The van der Waals surface area contributed by atoms with Crippen LogP contribution in [0.4, 0.5) is 0 Å². The molecule has 0 atom stereocenters. The van der Waals surface area contributed by atoms with Gasteiger partial charge in [-0.2, -0.15) is 0 Å². The Kier molecular flexibility index (Phi) is 8.14. The number of hydrogen-bond acceptors (Lipinski definition) is 3. The molecule has 2 nitrogen and oxygen atoms in total. The lowest BCUT2D eigenvalue weighted by molar-refractivity contribution is 0.410. The van der Waals surface area contributed by atoms with Crippen molar-refractivity contribution in [1.82, 2.24) is 10.2 Å². The van der Waals surface area contributed by atoms with E-state index in [0.29, 0.717) is 0 Å². The third-order valence-electron chi connectivity index (χ3n) is 2.67. The van der Waals surface area contributed by atoms with Gasteiger partial charge in [-0.1, -0.05) is 19.1 Å². The molecule has 102 valence electrons. The molecule has 0 amide bonds. The topological polar surface area (TPSA) is 15.3 Å². The fraction of sp³-hybridized carbons (Fsp3) is 0.600. The molecule has 3 heteroatoms. The molecule has 0 saturated heterocycles. The summed E-state index contributed by atoms with van der Waals surface area (Å²) in [5.41, 5.74) is 1.39. The van der Waals surface area contributed by atoms with Gasteiger partial charge in [0.25, 0.3) is 0 Å². The first-order valence-corrected chi connectivity index (χ1v) is 7.78. The highest BCUT2D eigenvalue weighted by Crippen LogP contribution is 2.19. The third kappa shape index (κ3) is 7.04. The summed E-state index contributed by atoms with van der Waals surface area (Å²) in [4.78, 5) is 3.63. The Labute approximate surface area is 116 Å². The van der Waals surface area contributed by atoms with E-state index < -0.39 is 0 Å². The Morgan fingerprint density at radius 1 is 1.28 bits per heavy atom.